The quantitative estimate of drug-likeness (QED) is 0.0600. The highest BCUT2D eigenvalue weighted by Crippen LogP contribution is 2.25. The van der Waals surface area contributed by atoms with Crippen molar-refractivity contribution in [3.8, 4) is 12.3 Å². The summed E-state index contributed by atoms with van der Waals surface area (Å²) in [6, 6.07) is 0. The lowest BCUT2D eigenvalue weighted by Crippen LogP contribution is -2.12. The molecule has 0 aromatic heterocycles. The molecule has 1 rings (SSSR count). The van der Waals surface area contributed by atoms with Crippen LogP contribution in [0.15, 0.2) is 36.5 Å². The number of carbonyl (C=O) groups is 1. The first-order valence-corrected chi connectivity index (χ1v) is 11.8. The third kappa shape index (κ3) is 10.9. The fourth-order valence-electron chi connectivity index (χ4n) is 3.19. The topological polar surface area (TPSA) is 26.3 Å². The van der Waals surface area contributed by atoms with Crippen LogP contribution < -0.4 is 0 Å². The monoisotopic (exact) mass is 478 g/mol. The number of esters is 1. The minimum absolute atomic E-state index is 0.0693. The third-order valence-corrected chi connectivity index (χ3v) is 5.18. The van der Waals surface area contributed by atoms with E-state index in [9.17, 15) is 22.4 Å². The number of halogens is 4. The molecule has 0 aliphatic rings. The van der Waals surface area contributed by atoms with E-state index in [0.717, 1.165) is 38.5 Å². The Morgan fingerprint density at radius 1 is 0.794 bits per heavy atom. The molecule has 0 aliphatic heterocycles. The highest BCUT2D eigenvalue weighted by Gasteiger charge is 2.25. The van der Waals surface area contributed by atoms with E-state index in [2.05, 4.69) is 25.2 Å². The molecule has 0 atom stereocenters. The molecule has 1 aromatic rings. The van der Waals surface area contributed by atoms with Crippen LogP contribution in [0.1, 0.15) is 82.3 Å². The molecule has 186 valence electrons. The van der Waals surface area contributed by atoms with E-state index in [0.29, 0.717) is 6.42 Å². The van der Waals surface area contributed by atoms with Gasteiger partial charge in [-0.05, 0) is 25.7 Å². The number of hydrogen-bond donors (Lipinski definition) is 0. The van der Waals surface area contributed by atoms with E-state index < -0.39 is 53.4 Å². The fraction of sp³-hybridized carbons (Fsp3) is 0.464. The van der Waals surface area contributed by atoms with Crippen LogP contribution in [-0.4, -0.2) is 5.97 Å². The maximum Gasteiger partial charge on any atom is 0.306 e. The Balaban J connectivity index is 2.22. The van der Waals surface area contributed by atoms with Crippen LogP contribution in [-0.2, 0) is 22.6 Å². The Bertz CT molecular complexity index is 866. The van der Waals surface area contributed by atoms with E-state index in [-0.39, 0.29) is 6.42 Å². The molecule has 0 bridgehead atoms. The van der Waals surface area contributed by atoms with Crippen molar-refractivity contribution in [3.05, 3.63) is 70.9 Å². The molecular formula is C28H34F4O2. The molecule has 0 fully saturated rings. The molecule has 0 saturated heterocycles. The zero-order valence-corrected chi connectivity index (χ0v) is 19.9. The van der Waals surface area contributed by atoms with Crippen molar-refractivity contribution in [1.82, 2.24) is 0 Å². The van der Waals surface area contributed by atoms with Crippen LogP contribution in [0.4, 0.5) is 17.6 Å². The largest absolute Gasteiger partial charge is 0.461 e. The van der Waals surface area contributed by atoms with Crippen LogP contribution in [0.25, 0.3) is 0 Å². The van der Waals surface area contributed by atoms with E-state index in [4.69, 9.17) is 11.2 Å². The number of allylic oxidation sites excluding steroid dienone is 6. The SMILES string of the molecule is C#CCc1c(F)c(F)c(COC(=O)CCCCCCC\C=C/C=C/C=C/CCCC)c(F)c1F. The predicted octanol–water partition coefficient (Wildman–Crippen LogP) is 8.05. The molecule has 0 saturated carbocycles. The summed E-state index contributed by atoms with van der Waals surface area (Å²) in [4.78, 5) is 11.8. The Morgan fingerprint density at radius 2 is 1.32 bits per heavy atom. The van der Waals surface area contributed by atoms with Gasteiger partial charge in [-0.3, -0.25) is 4.79 Å². The summed E-state index contributed by atoms with van der Waals surface area (Å²) in [5.41, 5.74) is -1.81. The highest BCUT2D eigenvalue weighted by molar-refractivity contribution is 5.69. The van der Waals surface area contributed by atoms with Crippen LogP contribution in [0.2, 0.25) is 0 Å². The van der Waals surface area contributed by atoms with E-state index >= 15 is 0 Å². The molecule has 0 N–H and O–H groups in total. The summed E-state index contributed by atoms with van der Waals surface area (Å²) in [5.74, 6) is -5.04. The summed E-state index contributed by atoms with van der Waals surface area (Å²) >= 11 is 0. The molecule has 0 spiro atoms. The first kappa shape index (κ1) is 29.2. The Labute approximate surface area is 200 Å². The smallest absolute Gasteiger partial charge is 0.306 e. The molecule has 1 aromatic carbocycles. The lowest BCUT2D eigenvalue weighted by Gasteiger charge is -2.11. The molecule has 6 heteroatoms. The van der Waals surface area contributed by atoms with Gasteiger partial charge in [0.05, 0.1) is 5.56 Å². The van der Waals surface area contributed by atoms with Gasteiger partial charge in [-0.15, -0.1) is 12.3 Å². The third-order valence-electron chi connectivity index (χ3n) is 5.18. The van der Waals surface area contributed by atoms with Crippen molar-refractivity contribution in [2.75, 3.05) is 0 Å². The van der Waals surface area contributed by atoms with Gasteiger partial charge < -0.3 is 4.74 Å². The molecule has 0 radical (unpaired) electrons. The maximum absolute atomic E-state index is 14.0. The second-order valence-electron chi connectivity index (χ2n) is 7.94. The number of terminal acetylenes is 1. The van der Waals surface area contributed by atoms with Gasteiger partial charge in [0.15, 0.2) is 23.3 Å². The lowest BCUT2D eigenvalue weighted by atomic mass is 10.1. The zero-order chi connectivity index (χ0) is 25.2. The summed E-state index contributed by atoms with van der Waals surface area (Å²) in [6.45, 7) is 1.29. The number of benzene rings is 1. The Hall–Kier alpha value is -2.81. The summed E-state index contributed by atoms with van der Waals surface area (Å²) in [7, 11) is 0. The summed E-state index contributed by atoms with van der Waals surface area (Å²) in [6.07, 6.45) is 25.8. The van der Waals surface area contributed by atoms with Crippen molar-refractivity contribution in [3.63, 3.8) is 0 Å². The van der Waals surface area contributed by atoms with Crippen LogP contribution in [0, 0.1) is 35.6 Å². The number of hydrogen-bond acceptors (Lipinski definition) is 2. The molecule has 0 heterocycles. The van der Waals surface area contributed by atoms with Gasteiger partial charge in [-0.25, -0.2) is 17.6 Å². The number of rotatable bonds is 16. The highest BCUT2D eigenvalue weighted by atomic mass is 19.2. The Morgan fingerprint density at radius 3 is 1.91 bits per heavy atom. The minimum Gasteiger partial charge on any atom is -0.461 e. The summed E-state index contributed by atoms with van der Waals surface area (Å²) in [5, 5.41) is 0. The predicted molar refractivity (Wildman–Crippen MR) is 128 cm³/mol. The van der Waals surface area contributed by atoms with Crippen molar-refractivity contribution < 1.29 is 27.1 Å². The lowest BCUT2D eigenvalue weighted by molar-refractivity contribution is -0.145. The van der Waals surface area contributed by atoms with E-state index in [1.165, 1.54) is 12.8 Å². The zero-order valence-electron chi connectivity index (χ0n) is 19.9. The molecule has 0 amide bonds. The molecular weight excluding hydrogens is 444 g/mol. The van der Waals surface area contributed by atoms with Gasteiger partial charge in [0.2, 0.25) is 0 Å². The average Bonchev–Trinajstić information content (AvgIpc) is 2.83. The normalized spacial score (nSPS) is 11.6. The van der Waals surface area contributed by atoms with Gasteiger partial charge in [-0.1, -0.05) is 75.5 Å². The van der Waals surface area contributed by atoms with E-state index in [1.54, 1.807) is 0 Å². The molecule has 0 aliphatic carbocycles. The molecule has 34 heavy (non-hydrogen) atoms. The number of unbranched alkanes of at least 4 members (excludes halogenated alkanes) is 7. The fourth-order valence-corrected chi connectivity index (χ4v) is 3.19. The van der Waals surface area contributed by atoms with Gasteiger partial charge >= 0.3 is 5.97 Å². The van der Waals surface area contributed by atoms with Gasteiger partial charge in [-0.2, -0.15) is 0 Å². The average molecular weight is 479 g/mol. The van der Waals surface area contributed by atoms with Crippen molar-refractivity contribution in [2.24, 2.45) is 0 Å². The summed E-state index contributed by atoms with van der Waals surface area (Å²) < 4.78 is 60.6. The van der Waals surface area contributed by atoms with Crippen molar-refractivity contribution in [2.45, 2.75) is 84.2 Å². The standard InChI is InChI=1S/C28H34F4O2/c1-3-5-6-7-8-9-10-11-12-13-14-15-16-17-18-20-24(33)34-21-23-27(31)25(29)22(19-4-2)26(30)28(23)32/h2,7-12H,3,5-6,13-21H2,1H3/b8-7+,10-9+,12-11-. The maximum atomic E-state index is 14.0. The second-order valence-corrected chi connectivity index (χ2v) is 7.94. The second kappa shape index (κ2) is 17.6. The van der Waals surface area contributed by atoms with Crippen LogP contribution in [0.5, 0.6) is 0 Å². The van der Waals surface area contributed by atoms with Gasteiger partial charge in [0, 0.05) is 18.4 Å². The van der Waals surface area contributed by atoms with E-state index in [1.807, 2.05) is 24.1 Å². The molecule has 0 unspecified atom stereocenters. The van der Waals surface area contributed by atoms with Crippen molar-refractivity contribution in [1.29, 1.82) is 0 Å². The van der Waals surface area contributed by atoms with Crippen LogP contribution in [0.3, 0.4) is 0 Å². The number of carbonyl (C=O) groups excluding carboxylic acids is 1. The van der Waals surface area contributed by atoms with Gasteiger partial charge in [0.25, 0.3) is 0 Å². The molecule has 2 nitrogen and oxygen atoms in total. The minimum atomic E-state index is -1.59. The van der Waals surface area contributed by atoms with Gasteiger partial charge in [0.1, 0.15) is 6.61 Å². The first-order chi connectivity index (χ1) is 16.4. The van der Waals surface area contributed by atoms with Crippen LogP contribution >= 0.6 is 0 Å². The Kier molecular flexibility index (Phi) is 15.2. The number of ether oxygens (including phenoxy) is 1. The van der Waals surface area contributed by atoms with Crippen molar-refractivity contribution >= 4 is 5.97 Å². The first-order valence-electron chi connectivity index (χ1n) is 11.8.